The van der Waals surface area contributed by atoms with E-state index >= 15 is 0 Å². The molecule has 19 heavy (non-hydrogen) atoms. The Kier molecular flexibility index (Phi) is 2.97. The van der Waals surface area contributed by atoms with E-state index in [1.54, 1.807) is 0 Å². The normalized spacial score (nSPS) is 18.1. The van der Waals surface area contributed by atoms with Crippen molar-refractivity contribution in [1.29, 1.82) is 0 Å². The van der Waals surface area contributed by atoms with Gasteiger partial charge in [-0.3, -0.25) is 24.5 Å². The summed E-state index contributed by atoms with van der Waals surface area (Å²) in [5, 5.41) is 2.16. The lowest BCUT2D eigenvalue weighted by Crippen LogP contribution is -2.65. The van der Waals surface area contributed by atoms with Gasteiger partial charge in [0.25, 0.3) is 11.8 Å². The van der Waals surface area contributed by atoms with Crippen LogP contribution in [0.15, 0.2) is 23.3 Å². The van der Waals surface area contributed by atoms with Crippen LogP contribution in [0.2, 0.25) is 0 Å². The third-order valence-electron chi connectivity index (χ3n) is 3.08. The number of carbonyl (C=O) groups excluding carboxylic acids is 3. The van der Waals surface area contributed by atoms with Gasteiger partial charge >= 0.3 is 0 Å². The molecule has 7 heteroatoms. The van der Waals surface area contributed by atoms with Gasteiger partial charge < -0.3 is 9.88 Å². The number of imide groups is 1. The summed E-state index contributed by atoms with van der Waals surface area (Å²) in [5.41, 5.74) is -1.75. The molecule has 2 heterocycles. The van der Waals surface area contributed by atoms with E-state index in [2.05, 4.69) is 10.3 Å². The van der Waals surface area contributed by atoms with Crippen LogP contribution in [0.25, 0.3) is 0 Å². The Morgan fingerprint density at radius 3 is 2.63 bits per heavy atom. The van der Waals surface area contributed by atoms with Crippen molar-refractivity contribution < 1.29 is 14.4 Å². The van der Waals surface area contributed by atoms with Crippen LogP contribution < -0.4 is 10.7 Å². The molecule has 3 amide bonds. The minimum absolute atomic E-state index is 0.0990. The van der Waals surface area contributed by atoms with Crippen molar-refractivity contribution in [2.75, 3.05) is 6.54 Å². The number of piperazine rings is 1. The predicted octanol–water partition coefficient (Wildman–Crippen LogP) is -0.748. The number of carbonyl (C=O) groups is 3. The van der Waals surface area contributed by atoms with E-state index in [0.717, 1.165) is 4.90 Å². The lowest BCUT2D eigenvalue weighted by atomic mass is 9.97. The SMILES string of the molecule is CC1(C)C(=O)NC(=O)CN1C(=O)c1c[nH]ccc1=O. The predicted molar refractivity (Wildman–Crippen MR) is 65.3 cm³/mol. The topological polar surface area (TPSA) is 99.3 Å². The second kappa shape index (κ2) is 4.34. The molecular formula is C12H13N3O4. The Morgan fingerprint density at radius 1 is 1.32 bits per heavy atom. The molecule has 1 saturated heterocycles. The molecule has 0 bridgehead atoms. The van der Waals surface area contributed by atoms with E-state index in [-0.39, 0.29) is 12.1 Å². The Labute approximate surface area is 108 Å². The van der Waals surface area contributed by atoms with Crippen molar-refractivity contribution in [3.05, 3.63) is 34.2 Å². The summed E-state index contributed by atoms with van der Waals surface area (Å²) >= 11 is 0. The molecule has 1 aliphatic heterocycles. The Hall–Kier alpha value is -2.44. The number of hydrogen-bond acceptors (Lipinski definition) is 4. The van der Waals surface area contributed by atoms with E-state index < -0.39 is 28.7 Å². The van der Waals surface area contributed by atoms with Crippen LogP contribution in [0.5, 0.6) is 0 Å². The van der Waals surface area contributed by atoms with Crippen LogP contribution in [0, 0.1) is 0 Å². The first-order valence-corrected chi connectivity index (χ1v) is 5.67. The molecule has 2 rings (SSSR count). The summed E-state index contributed by atoms with van der Waals surface area (Å²) < 4.78 is 0. The molecule has 0 aliphatic carbocycles. The summed E-state index contributed by atoms with van der Waals surface area (Å²) in [6.45, 7) is 2.78. The van der Waals surface area contributed by atoms with Gasteiger partial charge in [0.1, 0.15) is 17.6 Å². The van der Waals surface area contributed by atoms with Crippen LogP contribution in [0.4, 0.5) is 0 Å². The molecule has 2 N–H and O–H groups in total. The van der Waals surface area contributed by atoms with Gasteiger partial charge in [0.15, 0.2) is 5.43 Å². The third-order valence-corrected chi connectivity index (χ3v) is 3.08. The van der Waals surface area contributed by atoms with Gasteiger partial charge in [0, 0.05) is 18.5 Å². The molecule has 1 aliphatic rings. The second-order valence-corrected chi connectivity index (χ2v) is 4.75. The molecule has 7 nitrogen and oxygen atoms in total. The first-order chi connectivity index (χ1) is 8.84. The number of aromatic amines is 1. The maximum atomic E-state index is 12.3. The molecule has 0 saturated carbocycles. The third kappa shape index (κ3) is 2.14. The second-order valence-electron chi connectivity index (χ2n) is 4.75. The van der Waals surface area contributed by atoms with E-state index in [1.165, 1.54) is 32.3 Å². The minimum Gasteiger partial charge on any atom is -0.367 e. The van der Waals surface area contributed by atoms with Crippen LogP contribution in [0.1, 0.15) is 24.2 Å². The monoisotopic (exact) mass is 263 g/mol. The van der Waals surface area contributed by atoms with Crippen molar-refractivity contribution in [3.63, 3.8) is 0 Å². The summed E-state index contributed by atoms with van der Waals surface area (Å²) in [6.07, 6.45) is 2.66. The van der Waals surface area contributed by atoms with Crippen molar-refractivity contribution in [2.45, 2.75) is 19.4 Å². The maximum absolute atomic E-state index is 12.3. The number of H-pyrrole nitrogens is 1. The largest absolute Gasteiger partial charge is 0.367 e. The number of aromatic nitrogens is 1. The van der Waals surface area contributed by atoms with Gasteiger partial charge in [-0.1, -0.05) is 0 Å². The van der Waals surface area contributed by atoms with Gasteiger partial charge in [-0.25, -0.2) is 0 Å². The molecule has 0 aromatic carbocycles. The quantitative estimate of drug-likeness (QED) is 0.651. The maximum Gasteiger partial charge on any atom is 0.260 e. The zero-order valence-corrected chi connectivity index (χ0v) is 10.5. The number of hydrogen-bond donors (Lipinski definition) is 2. The Bertz CT molecular complexity index is 617. The first-order valence-electron chi connectivity index (χ1n) is 5.67. The number of rotatable bonds is 1. The van der Waals surface area contributed by atoms with E-state index in [1.807, 2.05) is 0 Å². The zero-order valence-electron chi connectivity index (χ0n) is 10.5. The molecular weight excluding hydrogens is 250 g/mol. The molecule has 1 fully saturated rings. The summed E-state index contributed by atoms with van der Waals surface area (Å²) in [5.74, 6) is -1.77. The van der Waals surface area contributed by atoms with Crippen LogP contribution in [-0.4, -0.2) is 39.7 Å². The lowest BCUT2D eigenvalue weighted by molar-refractivity contribution is -0.143. The number of pyridine rings is 1. The first kappa shape index (κ1) is 13.0. The average Bonchev–Trinajstić information content (AvgIpc) is 2.34. The highest BCUT2D eigenvalue weighted by molar-refractivity contribution is 6.08. The van der Waals surface area contributed by atoms with Crippen LogP contribution >= 0.6 is 0 Å². The van der Waals surface area contributed by atoms with Gasteiger partial charge in [0.05, 0.1) is 0 Å². The molecule has 0 unspecified atom stereocenters. The summed E-state index contributed by atoms with van der Waals surface area (Å²) in [7, 11) is 0. The smallest absolute Gasteiger partial charge is 0.260 e. The van der Waals surface area contributed by atoms with Gasteiger partial charge in [0.2, 0.25) is 5.91 Å². The Balaban J connectivity index is 2.43. The highest BCUT2D eigenvalue weighted by atomic mass is 16.2. The van der Waals surface area contributed by atoms with E-state index in [0.29, 0.717) is 0 Å². The standard InChI is InChI=1S/C12H13N3O4/c1-12(2)11(19)14-9(17)6-15(12)10(18)7-5-13-4-3-8(7)16/h3-5H,6H2,1-2H3,(H,13,16)(H,14,17,19). The van der Waals surface area contributed by atoms with Crippen molar-refractivity contribution in [2.24, 2.45) is 0 Å². The van der Waals surface area contributed by atoms with Gasteiger partial charge in [-0.15, -0.1) is 0 Å². The minimum atomic E-state index is -1.19. The number of nitrogens with one attached hydrogen (secondary N) is 2. The molecule has 100 valence electrons. The summed E-state index contributed by atoms with van der Waals surface area (Å²) in [6, 6.07) is 1.21. The average molecular weight is 263 g/mol. The van der Waals surface area contributed by atoms with Crippen molar-refractivity contribution in [3.8, 4) is 0 Å². The van der Waals surface area contributed by atoms with Crippen LogP contribution in [-0.2, 0) is 9.59 Å². The number of amides is 3. The fourth-order valence-electron chi connectivity index (χ4n) is 1.84. The number of nitrogens with zero attached hydrogens (tertiary/aromatic N) is 1. The molecule has 0 radical (unpaired) electrons. The molecule has 1 aromatic rings. The fraction of sp³-hybridized carbons (Fsp3) is 0.333. The van der Waals surface area contributed by atoms with Gasteiger partial charge in [-0.05, 0) is 13.8 Å². The molecule has 1 aromatic heterocycles. The van der Waals surface area contributed by atoms with Gasteiger partial charge in [-0.2, -0.15) is 0 Å². The zero-order chi connectivity index (χ0) is 14.2. The van der Waals surface area contributed by atoms with Crippen molar-refractivity contribution >= 4 is 17.7 Å². The summed E-state index contributed by atoms with van der Waals surface area (Å²) in [4.78, 5) is 50.8. The van der Waals surface area contributed by atoms with E-state index in [9.17, 15) is 19.2 Å². The highest BCUT2D eigenvalue weighted by Crippen LogP contribution is 2.19. The lowest BCUT2D eigenvalue weighted by Gasteiger charge is -2.39. The van der Waals surface area contributed by atoms with Crippen molar-refractivity contribution in [1.82, 2.24) is 15.2 Å². The van der Waals surface area contributed by atoms with Crippen LogP contribution in [0.3, 0.4) is 0 Å². The molecule has 0 atom stereocenters. The molecule has 0 spiro atoms. The highest BCUT2D eigenvalue weighted by Gasteiger charge is 2.44. The Morgan fingerprint density at radius 2 is 2.00 bits per heavy atom. The fourth-order valence-corrected chi connectivity index (χ4v) is 1.84. The van der Waals surface area contributed by atoms with E-state index in [4.69, 9.17) is 0 Å².